The van der Waals surface area contributed by atoms with Gasteiger partial charge in [0.15, 0.2) is 0 Å². The molecular weight excluding hydrogens is 294 g/mol. The zero-order valence-corrected chi connectivity index (χ0v) is 12.3. The van der Waals surface area contributed by atoms with Crippen LogP contribution in [-0.4, -0.2) is 5.91 Å². The summed E-state index contributed by atoms with van der Waals surface area (Å²) in [5.74, 6) is -0.157. The lowest BCUT2D eigenvalue weighted by Crippen LogP contribution is -2.06. The van der Waals surface area contributed by atoms with E-state index in [0.717, 1.165) is 10.6 Å². The van der Waals surface area contributed by atoms with Gasteiger partial charge in [-0.15, -0.1) is 11.3 Å². The average molecular weight is 306 g/mol. The van der Waals surface area contributed by atoms with Gasteiger partial charge in [-0.05, 0) is 30.3 Å². The van der Waals surface area contributed by atoms with Gasteiger partial charge in [-0.25, -0.2) is 0 Å². The number of nitriles is 1. The number of nitrogens with one attached hydrogen (secondary N) is 2. The molecule has 0 aliphatic heterocycles. The molecule has 4 nitrogen and oxygen atoms in total. The minimum atomic E-state index is -0.157. The predicted octanol–water partition coefficient (Wildman–Crippen LogP) is 3.84. The molecule has 1 aromatic heterocycles. The van der Waals surface area contributed by atoms with E-state index in [-0.39, 0.29) is 5.91 Å². The van der Waals surface area contributed by atoms with Crippen LogP contribution < -0.4 is 10.6 Å². The van der Waals surface area contributed by atoms with Gasteiger partial charge < -0.3 is 10.6 Å². The van der Waals surface area contributed by atoms with Crippen LogP contribution in [0.1, 0.15) is 16.7 Å². The first-order chi connectivity index (χ1) is 9.58. The number of amides is 1. The summed E-state index contributed by atoms with van der Waals surface area (Å²) in [6.07, 6.45) is 0. The van der Waals surface area contributed by atoms with Crippen LogP contribution in [0, 0.1) is 11.3 Å². The molecule has 2 rings (SSSR count). The van der Waals surface area contributed by atoms with Crippen molar-refractivity contribution in [3.8, 4) is 6.07 Å². The molecule has 6 heteroatoms. The molecule has 1 amide bonds. The van der Waals surface area contributed by atoms with E-state index in [0.29, 0.717) is 22.1 Å². The highest BCUT2D eigenvalue weighted by Crippen LogP contribution is 2.26. The van der Waals surface area contributed by atoms with Gasteiger partial charge in [-0.3, -0.25) is 4.79 Å². The molecule has 102 valence electrons. The maximum atomic E-state index is 11.0. The molecule has 0 aliphatic carbocycles. The SMILES string of the molecule is CC(=O)Nc1ccc(NCc2ccc(C#N)s2)cc1Cl. The third-order valence-corrected chi connectivity index (χ3v) is 3.82. The van der Waals surface area contributed by atoms with E-state index in [4.69, 9.17) is 16.9 Å². The van der Waals surface area contributed by atoms with E-state index in [1.54, 1.807) is 18.2 Å². The standard InChI is InChI=1S/C14H12ClN3OS/c1-9(19)18-14-5-2-10(6-13(14)15)17-8-12-4-3-11(7-16)20-12/h2-6,17H,8H2,1H3,(H,18,19). The summed E-state index contributed by atoms with van der Waals surface area (Å²) in [6.45, 7) is 2.06. The molecule has 0 atom stereocenters. The lowest BCUT2D eigenvalue weighted by molar-refractivity contribution is -0.114. The molecule has 0 radical (unpaired) electrons. The van der Waals surface area contributed by atoms with Crippen LogP contribution >= 0.6 is 22.9 Å². The number of halogens is 1. The number of carbonyl (C=O) groups excluding carboxylic acids is 1. The van der Waals surface area contributed by atoms with Crippen molar-refractivity contribution in [3.63, 3.8) is 0 Å². The van der Waals surface area contributed by atoms with Gasteiger partial charge in [0, 0.05) is 24.0 Å². The Morgan fingerprint density at radius 1 is 1.40 bits per heavy atom. The summed E-state index contributed by atoms with van der Waals surface area (Å²) in [6, 6.07) is 11.2. The fourth-order valence-corrected chi connectivity index (χ4v) is 2.61. The normalized spacial score (nSPS) is 9.85. The maximum absolute atomic E-state index is 11.0. The van der Waals surface area contributed by atoms with Gasteiger partial charge in [0.25, 0.3) is 0 Å². The molecule has 0 fully saturated rings. The zero-order valence-electron chi connectivity index (χ0n) is 10.7. The number of carbonyl (C=O) groups is 1. The number of rotatable bonds is 4. The monoisotopic (exact) mass is 305 g/mol. The Morgan fingerprint density at radius 3 is 2.80 bits per heavy atom. The fourth-order valence-electron chi connectivity index (χ4n) is 1.64. The Kier molecular flexibility index (Phi) is 4.61. The minimum absolute atomic E-state index is 0.157. The average Bonchev–Trinajstić information content (AvgIpc) is 2.87. The van der Waals surface area contributed by atoms with Crippen LogP contribution in [-0.2, 0) is 11.3 Å². The van der Waals surface area contributed by atoms with Crippen molar-refractivity contribution in [3.05, 3.63) is 45.1 Å². The van der Waals surface area contributed by atoms with Crippen molar-refractivity contribution in [2.45, 2.75) is 13.5 Å². The molecule has 0 aliphatic rings. The summed E-state index contributed by atoms with van der Waals surface area (Å²) in [5.41, 5.74) is 1.45. The fraction of sp³-hybridized carbons (Fsp3) is 0.143. The first-order valence-electron chi connectivity index (χ1n) is 5.88. The highest BCUT2D eigenvalue weighted by molar-refractivity contribution is 7.12. The predicted molar refractivity (Wildman–Crippen MR) is 82.1 cm³/mol. The molecule has 1 heterocycles. The van der Waals surface area contributed by atoms with Gasteiger partial charge in [0.2, 0.25) is 5.91 Å². The summed E-state index contributed by atoms with van der Waals surface area (Å²) >= 11 is 7.54. The van der Waals surface area contributed by atoms with E-state index >= 15 is 0 Å². The quantitative estimate of drug-likeness (QED) is 0.902. The number of hydrogen-bond donors (Lipinski definition) is 2. The first-order valence-corrected chi connectivity index (χ1v) is 7.08. The van der Waals surface area contributed by atoms with Crippen molar-refractivity contribution in [2.24, 2.45) is 0 Å². The molecule has 1 aromatic carbocycles. The third-order valence-electron chi connectivity index (χ3n) is 2.52. The van der Waals surface area contributed by atoms with Gasteiger partial charge in [-0.1, -0.05) is 11.6 Å². The van der Waals surface area contributed by atoms with Crippen LogP contribution in [0.15, 0.2) is 30.3 Å². The highest BCUT2D eigenvalue weighted by atomic mass is 35.5. The van der Waals surface area contributed by atoms with Crippen LogP contribution in [0.2, 0.25) is 5.02 Å². The molecule has 0 unspecified atom stereocenters. The van der Waals surface area contributed by atoms with Gasteiger partial charge in [0.1, 0.15) is 10.9 Å². The number of anilines is 2. The first kappa shape index (κ1) is 14.4. The van der Waals surface area contributed by atoms with E-state index in [1.807, 2.05) is 12.1 Å². The molecule has 20 heavy (non-hydrogen) atoms. The van der Waals surface area contributed by atoms with Crippen molar-refractivity contribution in [1.29, 1.82) is 5.26 Å². The number of nitrogens with zero attached hydrogens (tertiary/aromatic N) is 1. The number of benzene rings is 1. The van der Waals surface area contributed by atoms with Gasteiger partial charge in [0.05, 0.1) is 10.7 Å². The lowest BCUT2D eigenvalue weighted by atomic mass is 10.2. The molecule has 2 aromatic rings. The topological polar surface area (TPSA) is 64.9 Å². The van der Waals surface area contributed by atoms with Gasteiger partial charge >= 0.3 is 0 Å². The molecule has 0 saturated carbocycles. The molecule has 0 spiro atoms. The maximum Gasteiger partial charge on any atom is 0.221 e. The lowest BCUT2D eigenvalue weighted by Gasteiger charge is -2.09. The Bertz CT molecular complexity index is 675. The van der Waals surface area contributed by atoms with E-state index in [9.17, 15) is 4.79 Å². The van der Waals surface area contributed by atoms with Crippen LogP contribution in [0.25, 0.3) is 0 Å². The number of hydrogen-bond acceptors (Lipinski definition) is 4. The van der Waals surface area contributed by atoms with Crippen molar-refractivity contribution >= 4 is 40.2 Å². The van der Waals surface area contributed by atoms with Crippen molar-refractivity contribution in [1.82, 2.24) is 0 Å². The summed E-state index contributed by atoms with van der Waals surface area (Å²) < 4.78 is 0. The molecular formula is C14H12ClN3OS. The van der Waals surface area contributed by atoms with E-state index in [1.165, 1.54) is 18.3 Å². The van der Waals surface area contributed by atoms with E-state index < -0.39 is 0 Å². The van der Waals surface area contributed by atoms with Crippen LogP contribution in [0.5, 0.6) is 0 Å². The second-order valence-electron chi connectivity index (χ2n) is 4.11. The zero-order chi connectivity index (χ0) is 14.5. The van der Waals surface area contributed by atoms with Crippen molar-refractivity contribution < 1.29 is 4.79 Å². The molecule has 2 N–H and O–H groups in total. The largest absolute Gasteiger partial charge is 0.380 e. The summed E-state index contributed by atoms with van der Waals surface area (Å²) in [4.78, 5) is 12.7. The molecule has 0 bridgehead atoms. The highest BCUT2D eigenvalue weighted by Gasteiger charge is 2.04. The Hall–Kier alpha value is -2.03. The second kappa shape index (κ2) is 6.42. The van der Waals surface area contributed by atoms with Crippen LogP contribution in [0.4, 0.5) is 11.4 Å². The third kappa shape index (κ3) is 3.73. The van der Waals surface area contributed by atoms with Gasteiger partial charge in [-0.2, -0.15) is 5.26 Å². The van der Waals surface area contributed by atoms with E-state index in [2.05, 4.69) is 16.7 Å². The second-order valence-corrected chi connectivity index (χ2v) is 5.68. The Labute approximate surface area is 126 Å². The number of thiophene rings is 1. The van der Waals surface area contributed by atoms with Crippen molar-refractivity contribution in [2.75, 3.05) is 10.6 Å². The minimum Gasteiger partial charge on any atom is -0.380 e. The molecule has 0 saturated heterocycles. The summed E-state index contributed by atoms with van der Waals surface area (Å²) in [7, 11) is 0. The summed E-state index contributed by atoms with van der Waals surface area (Å²) in [5, 5.41) is 15.1. The Balaban J connectivity index is 2.01. The Morgan fingerprint density at radius 2 is 2.20 bits per heavy atom. The van der Waals surface area contributed by atoms with Crippen LogP contribution in [0.3, 0.4) is 0 Å². The smallest absolute Gasteiger partial charge is 0.221 e.